The van der Waals surface area contributed by atoms with Crippen LogP contribution in [0.3, 0.4) is 0 Å². The molecule has 1 heterocycles. The fourth-order valence-electron chi connectivity index (χ4n) is 1.60. The van der Waals surface area contributed by atoms with Crippen molar-refractivity contribution in [2.75, 3.05) is 11.5 Å². The van der Waals surface area contributed by atoms with Crippen LogP contribution in [0.15, 0.2) is 11.1 Å². The van der Waals surface area contributed by atoms with Crippen molar-refractivity contribution in [1.29, 1.82) is 0 Å². The molecule has 0 amide bonds. The Balaban J connectivity index is 2.78. The van der Waals surface area contributed by atoms with E-state index in [0.717, 1.165) is 29.3 Å². The van der Waals surface area contributed by atoms with E-state index in [1.165, 1.54) is 6.42 Å². The van der Waals surface area contributed by atoms with Crippen molar-refractivity contribution >= 4 is 17.6 Å². The van der Waals surface area contributed by atoms with Crippen LogP contribution >= 0.6 is 11.8 Å². The molecule has 0 atom stereocenters. The summed E-state index contributed by atoms with van der Waals surface area (Å²) in [5, 5.41) is 4.38. The van der Waals surface area contributed by atoms with E-state index in [0.29, 0.717) is 6.04 Å². The van der Waals surface area contributed by atoms with Crippen molar-refractivity contribution in [2.24, 2.45) is 0 Å². The topological polar surface area (TPSA) is 43.8 Å². The Morgan fingerprint density at radius 1 is 1.40 bits per heavy atom. The molecule has 15 heavy (non-hydrogen) atoms. The number of nitrogens with zero attached hydrogens (tertiary/aromatic N) is 2. The first kappa shape index (κ1) is 12.4. The SMILES string of the molecule is CCCSc1cnn(C(CC)CC)c1N. The fourth-order valence-corrected chi connectivity index (χ4v) is 2.39. The second kappa shape index (κ2) is 6.05. The van der Waals surface area contributed by atoms with E-state index in [9.17, 15) is 0 Å². The van der Waals surface area contributed by atoms with E-state index in [1.54, 1.807) is 11.8 Å². The Hall–Kier alpha value is -0.640. The highest BCUT2D eigenvalue weighted by Gasteiger charge is 2.13. The minimum Gasteiger partial charge on any atom is -0.383 e. The lowest BCUT2D eigenvalue weighted by atomic mass is 10.2. The Bertz CT molecular complexity index is 292. The van der Waals surface area contributed by atoms with E-state index in [2.05, 4.69) is 25.9 Å². The molecule has 3 nitrogen and oxygen atoms in total. The first-order valence-electron chi connectivity index (χ1n) is 5.70. The van der Waals surface area contributed by atoms with Crippen LogP contribution in [0, 0.1) is 0 Å². The van der Waals surface area contributed by atoms with Gasteiger partial charge in [0.15, 0.2) is 0 Å². The molecule has 86 valence electrons. The molecule has 0 aromatic carbocycles. The molecule has 0 radical (unpaired) electrons. The minimum absolute atomic E-state index is 0.445. The number of hydrogen-bond acceptors (Lipinski definition) is 3. The van der Waals surface area contributed by atoms with E-state index >= 15 is 0 Å². The maximum Gasteiger partial charge on any atom is 0.135 e. The van der Waals surface area contributed by atoms with Gasteiger partial charge in [0.05, 0.1) is 17.1 Å². The largest absolute Gasteiger partial charge is 0.383 e. The third-order valence-electron chi connectivity index (χ3n) is 2.55. The molecule has 0 saturated heterocycles. The predicted octanol–water partition coefficient (Wildman–Crippen LogP) is 3.33. The smallest absolute Gasteiger partial charge is 0.135 e. The summed E-state index contributed by atoms with van der Waals surface area (Å²) in [4.78, 5) is 1.13. The summed E-state index contributed by atoms with van der Waals surface area (Å²) in [5.41, 5.74) is 6.08. The molecule has 1 aromatic rings. The first-order chi connectivity index (χ1) is 7.24. The molecule has 1 aromatic heterocycles. The van der Waals surface area contributed by atoms with Gasteiger partial charge in [-0.25, -0.2) is 4.68 Å². The van der Waals surface area contributed by atoms with Crippen LogP contribution in [-0.2, 0) is 0 Å². The number of aromatic nitrogens is 2. The zero-order valence-corrected chi connectivity index (χ0v) is 10.7. The molecule has 0 spiro atoms. The van der Waals surface area contributed by atoms with Gasteiger partial charge in [-0.05, 0) is 25.0 Å². The summed E-state index contributed by atoms with van der Waals surface area (Å²) < 4.78 is 1.97. The molecule has 0 fully saturated rings. The number of nitrogen functional groups attached to an aromatic ring is 1. The minimum atomic E-state index is 0.445. The molecule has 0 aliphatic carbocycles. The van der Waals surface area contributed by atoms with Crippen LogP contribution in [0.25, 0.3) is 0 Å². The highest BCUT2D eigenvalue weighted by molar-refractivity contribution is 7.99. The van der Waals surface area contributed by atoms with Gasteiger partial charge in [0, 0.05) is 0 Å². The average Bonchev–Trinajstić information content (AvgIpc) is 2.60. The van der Waals surface area contributed by atoms with Gasteiger partial charge in [-0.15, -0.1) is 11.8 Å². The third kappa shape index (κ3) is 2.91. The van der Waals surface area contributed by atoms with Crippen molar-refractivity contribution in [3.63, 3.8) is 0 Å². The molecular formula is C11H21N3S. The first-order valence-corrected chi connectivity index (χ1v) is 6.68. The number of thioether (sulfide) groups is 1. The van der Waals surface area contributed by atoms with E-state index in [4.69, 9.17) is 5.73 Å². The molecule has 0 saturated carbocycles. The number of nitrogens with two attached hydrogens (primary N) is 1. The molecule has 0 aliphatic heterocycles. The zero-order valence-electron chi connectivity index (χ0n) is 9.86. The van der Waals surface area contributed by atoms with Crippen LogP contribution in [0.1, 0.15) is 46.1 Å². The normalized spacial score (nSPS) is 11.2. The standard InChI is InChI=1S/C11H21N3S/c1-4-7-15-10-8-13-14(11(10)12)9(5-2)6-3/h8-9H,4-7,12H2,1-3H3. The van der Waals surface area contributed by atoms with Crippen LogP contribution < -0.4 is 5.73 Å². The van der Waals surface area contributed by atoms with Crippen LogP contribution in [0.2, 0.25) is 0 Å². The summed E-state index contributed by atoms with van der Waals surface area (Å²) in [5.74, 6) is 1.95. The lowest BCUT2D eigenvalue weighted by molar-refractivity contribution is 0.434. The molecule has 2 N–H and O–H groups in total. The summed E-state index contributed by atoms with van der Waals surface area (Å²) in [6.07, 6.45) is 5.23. The fraction of sp³-hybridized carbons (Fsp3) is 0.727. The van der Waals surface area contributed by atoms with Crippen LogP contribution in [0.4, 0.5) is 5.82 Å². The molecule has 0 aliphatic rings. The summed E-state index contributed by atoms with van der Waals surface area (Å²) in [7, 11) is 0. The van der Waals surface area contributed by atoms with E-state index in [-0.39, 0.29) is 0 Å². The van der Waals surface area contributed by atoms with Crippen molar-refractivity contribution in [2.45, 2.75) is 51.0 Å². The van der Waals surface area contributed by atoms with Crippen molar-refractivity contribution < 1.29 is 0 Å². The zero-order chi connectivity index (χ0) is 11.3. The van der Waals surface area contributed by atoms with E-state index in [1.807, 2.05) is 10.9 Å². The number of hydrogen-bond donors (Lipinski definition) is 1. The quantitative estimate of drug-likeness (QED) is 0.758. The monoisotopic (exact) mass is 227 g/mol. The lowest BCUT2D eigenvalue weighted by Crippen LogP contribution is -2.11. The number of anilines is 1. The van der Waals surface area contributed by atoms with Gasteiger partial charge in [0.2, 0.25) is 0 Å². The molecule has 4 heteroatoms. The molecule has 0 bridgehead atoms. The van der Waals surface area contributed by atoms with E-state index < -0.39 is 0 Å². The number of rotatable bonds is 6. The molecule has 1 rings (SSSR count). The Labute approximate surface area is 96.4 Å². The molecule has 0 unspecified atom stereocenters. The van der Waals surface area contributed by atoms with Gasteiger partial charge in [-0.3, -0.25) is 0 Å². The maximum atomic E-state index is 6.08. The van der Waals surface area contributed by atoms with Gasteiger partial charge in [-0.1, -0.05) is 20.8 Å². The lowest BCUT2D eigenvalue weighted by Gasteiger charge is -2.14. The van der Waals surface area contributed by atoms with Crippen molar-refractivity contribution in [3.05, 3.63) is 6.20 Å². The van der Waals surface area contributed by atoms with Crippen LogP contribution in [0.5, 0.6) is 0 Å². The van der Waals surface area contributed by atoms with Crippen LogP contribution in [-0.4, -0.2) is 15.5 Å². The summed E-state index contributed by atoms with van der Waals surface area (Å²) >= 11 is 1.80. The second-order valence-electron chi connectivity index (χ2n) is 3.66. The van der Waals surface area contributed by atoms with Crippen molar-refractivity contribution in [3.8, 4) is 0 Å². The molecular weight excluding hydrogens is 206 g/mol. The van der Waals surface area contributed by atoms with Gasteiger partial charge in [0.1, 0.15) is 5.82 Å². The Morgan fingerprint density at radius 3 is 2.60 bits per heavy atom. The van der Waals surface area contributed by atoms with Gasteiger partial charge in [0.25, 0.3) is 0 Å². The average molecular weight is 227 g/mol. The van der Waals surface area contributed by atoms with Gasteiger partial charge < -0.3 is 5.73 Å². The van der Waals surface area contributed by atoms with Crippen molar-refractivity contribution in [1.82, 2.24) is 9.78 Å². The second-order valence-corrected chi connectivity index (χ2v) is 4.79. The highest BCUT2D eigenvalue weighted by atomic mass is 32.2. The third-order valence-corrected chi connectivity index (χ3v) is 3.79. The Kier molecular flexibility index (Phi) is 5.02. The summed E-state index contributed by atoms with van der Waals surface area (Å²) in [6, 6.07) is 0.445. The highest BCUT2D eigenvalue weighted by Crippen LogP contribution is 2.28. The Morgan fingerprint density at radius 2 is 2.07 bits per heavy atom. The van der Waals surface area contributed by atoms with Gasteiger partial charge in [-0.2, -0.15) is 5.10 Å². The maximum absolute atomic E-state index is 6.08. The summed E-state index contributed by atoms with van der Waals surface area (Å²) in [6.45, 7) is 6.52. The predicted molar refractivity (Wildman–Crippen MR) is 67.3 cm³/mol. The van der Waals surface area contributed by atoms with Gasteiger partial charge >= 0.3 is 0 Å².